The average molecular weight is 209 g/mol. The Kier molecular flexibility index (Phi) is 11.2. The fourth-order valence-corrected chi connectivity index (χ4v) is 1.69. The fourth-order valence-electron chi connectivity index (χ4n) is 1.69. The summed E-state index contributed by atoms with van der Waals surface area (Å²) >= 11 is 0. The lowest BCUT2D eigenvalue weighted by molar-refractivity contribution is 0.517. The van der Waals surface area contributed by atoms with E-state index in [1.54, 1.807) is 0 Å². The number of terminal acetylenes is 1. The quantitative estimate of drug-likeness (QED) is 0.427. The SMILES string of the molecule is C#CC(CCCCCCCC)NCCC. The summed E-state index contributed by atoms with van der Waals surface area (Å²) in [6.07, 6.45) is 15.8. The predicted molar refractivity (Wildman–Crippen MR) is 68.9 cm³/mol. The summed E-state index contributed by atoms with van der Waals surface area (Å²) in [5.41, 5.74) is 0. The third-order valence-electron chi connectivity index (χ3n) is 2.69. The van der Waals surface area contributed by atoms with Gasteiger partial charge in [-0.15, -0.1) is 6.42 Å². The van der Waals surface area contributed by atoms with Crippen LogP contribution in [0.15, 0.2) is 0 Å². The van der Waals surface area contributed by atoms with Crippen LogP contribution in [0, 0.1) is 12.3 Å². The number of unbranched alkanes of at least 4 members (excludes halogenated alkanes) is 5. The van der Waals surface area contributed by atoms with Crippen molar-refractivity contribution in [1.29, 1.82) is 0 Å². The molecule has 0 radical (unpaired) electrons. The van der Waals surface area contributed by atoms with Gasteiger partial charge in [-0.25, -0.2) is 0 Å². The summed E-state index contributed by atoms with van der Waals surface area (Å²) in [6.45, 7) is 5.47. The van der Waals surface area contributed by atoms with E-state index in [9.17, 15) is 0 Å². The molecular formula is C14H27N. The zero-order valence-corrected chi connectivity index (χ0v) is 10.5. The van der Waals surface area contributed by atoms with Gasteiger partial charge >= 0.3 is 0 Å². The Morgan fingerprint density at radius 3 is 2.27 bits per heavy atom. The van der Waals surface area contributed by atoms with Crippen molar-refractivity contribution in [3.05, 3.63) is 0 Å². The lowest BCUT2D eigenvalue weighted by atomic mass is 10.1. The van der Waals surface area contributed by atoms with Gasteiger partial charge in [0.25, 0.3) is 0 Å². The van der Waals surface area contributed by atoms with Gasteiger partial charge in [-0.3, -0.25) is 0 Å². The molecule has 0 aromatic carbocycles. The molecule has 1 heteroatoms. The highest BCUT2D eigenvalue weighted by atomic mass is 14.9. The largest absolute Gasteiger partial charge is 0.304 e. The first-order valence-electron chi connectivity index (χ1n) is 6.54. The highest BCUT2D eigenvalue weighted by Crippen LogP contribution is 2.08. The van der Waals surface area contributed by atoms with Gasteiger partial charge in [0.1, 0.15) is 0 Å². The summed E-state index contributed by atoms with van der Waals surface area (Å²) in [6, 6.07) is 0.302. The summed E-state index contributed by atoms with van der Waals surface area (Å²) in [7, 11) is 0. The van der Waals surface area contributed by atoms with Gasteiger partial charge in [-0.05, 0) is 19.4 Å². The molecule has 0 saturated heterocycles. The predicted octanol–water partition coefficient (Wildman–Crippen LogP) is 3.74. The third-order valence-corrected chi connectivity index (χ3v) is 2.69. The van der Waals surface area contributed by atoms with Crippen LogP contribution < -0.4 is 5.32 Å². The first-order chi connectivity index (χ1) is 7.35. The van der Waals surface area contributed by atoms with Crippen molar-refractivity contribution in [1.82, 2.24) is 5.32 Å². The maximum atomic E-state index is 5.46. The van der Waals surface area contributed by atoms with Crippen LogP contribution >= 0.6 is 0 Å². The molecule has 88 valence electrons. The van der Waals surface area contributed by atoms with Crippen molar-refractivity contribution in [3.63, 3.8) is 0 Å². The van der Waals surface area contributed by atoms with Crippen LogP contribution in [-0.2, 0) is 0 Å². The van der Waals surface area contributed by atoms with Crippen molar-refractivity contribution in [2.45, 2.75) is 71.3 Å². The molecule has 0 heterocycles. The third kappa shape index (κ3) is 9.82. The molecule has 0 fully saturated rings. The van der Waals surface area contributed by atoms with Crippen molar-refractivity contribution >= 4 is 0 Å². The molecular weight excluding hydrogens is 182 g/mol. The molecule has 0 aliphatic carbocycles. The van der Waals surface area contributed by atoms with Crippen LogP contribution in [0.1, 0.15) is 65.2 Å². The van der Waals surface area contributed by atoms with Crippen LogP contribution in [0.3, 0.4) is 0 Å². The number of hydrogen-bond acceptors (Lipinski definition) is 1. The molecule has 0 aliphatic rings. The zero-order chi connectivity index (χ0) is 11.4. The second-order valence-corrected chi connectivity index (χ2v) is 4.23. The lowest BCUT2D eigenvalue weighted by Gasteiger charge is -2.11. The molecule has 0 aromatic rings. The van der Waals surface area contributed by atoms with E-state index in [2.05, 4.69) is 25.1 Å². The fraction of sp³-hybridized carbons (Fsp3) is 0.857. The lowest BCUT2D eigenvalue weighted by Crippen LogP contribution is -2.28. The highest BCUT2D eigenvalue weighted by Gasteiger charge is 2.02. The summed E-state index contributed by atoms with van der Waals surface area (Å²) in [5, 5.41) is 3.39. The van der Waals surface area contributed by atoms with Gasteiger partial charge in [0, 0.05) is 0 Å². The minimum absolute atomic E-state index is 0.302. The second kappa shape index (κ2) is 11.6. The topological polar surface area (TPSA) is 12.0 Å². The second-order valence-electron chi connectivity index (χ2n) is 4.23. The van der Waals surface area contributed by atoms with Crippen LogP contribution in [0.4, 0.5) is 0 Å². The monoisotopic (exact) mass is 209 g/mol. The van der Waals surface area contributed by atoms with Gasteiger partial charge < -0.3 is 5.32 Å². The van der Waals surface area contributed by atoms with Crippen LogP contribution in [0.5, 0.6) is 0 Å². The Labute approximate surface area is 96.0 Å². The van der Waals surface area contributed by atoms with Crippen LogP contribution in [0.2, 0.25) is 0 Å². The van der Waals surface area contributed by atoms with Crippen LogP contribution in [-0.4, -0.2) is 12.6 Å². The Hall–Kier alpha value is -0.480. The molecule has 0 spiro atoms. The van der Waals surface area contributed by atoms with E-state index in [0.29, 0.717) is 6.04 Å². The molecule has 15 heavy (non-hydrogen) atoms. The normalized spacial score (nSPS) is 12.3. The van der Waals surface area contributed by atoms with Crippen molar-refractivity contribution < 1.29 is 0 Å². The van der Waals surface area contributed by atoms with Crippen molar-refractivity contribution in [3.8, 4) is 12.3 Å². The number of hydrogen-bond donors (Lipinski definition) is 1. The minimum atomic E-state index is 0.302. The average Bonchev–Trinajstić information content (AvgIpc) is 2.27. The first-order valence-corrected chi connectivity index (χ1v) is 6.54. The molecule has 1 unspecified atom stereocenters. The van der Waals surface area contributed by atoms with E-state index in [0.717, 1.165) is 19.4 Å². The summed E-state index contributed by atoms with van der Waals surface area (Å²) in [5.74, 6) is 2.83. The standard InChI is InChI=1S/C14H27N/c1-4-7-8-9-10-11-12-14(6-3)15-13-5-2/h3,14-15H,4-5,7-13H2,1-2H3. The van der Waals surface area contributed by atoms with Gasteiger partial charge in [0.05, 0.1) is 6.04 Å². The first kappa shape index (κ1) is 14.5. The summed E-state index contributed by atoms with van der Waals surface area (Å²) < 4.78 is 0. The molecule has 1 nitrogen and oxygen atoms in total. The van der Waals surface area contributed by atoms with Gasteiger partial charge in [0.2, 0.25) is 0 Å². The van der Waals surface area contributed by atoms with E-state index < -0.39 is 0 Å². The Bertz CT molecular complexity index is 157. The maximum Gasteiger partial charge on any atom is 0.0686 e. The number of nitrogens with one attached hydrogen (secondary N) is 1. The van der Waals surface area contributed by atoms with Crippen molar-refractivity contribution in [2.75, 3.05) is 6.54 Å². The molecule has 0 saturated carbocycles. The Balaban J connectivity index is 3.27. The van der Waals surface area contributed by atoms with E-state index in [4.69, 9.17) is 6.42 Å². The maximum absolute atomic E-state index is 5.46. The molecule has 0 amide bonds. The zero-order valence-electron chi connectivity index (χ0n) is 10.5. The number of rotatable bonds is 10. The van der Waals surface area contributed by atoms with E-state index >= 15 is 0 Å². The van der Waals surface area contributed by atoms with Crippen molar-refractivity contribution in [2.24, 2.45) is 0 Å². The van der Waals surface area contributed by atoms with E-state index in [1.165, 1.54) is 38.5 Å². The van der Waals surface area contributed by atoms with E-state index in [-0.39, 0.29) is 0 Å². The van der Waals surface area contributed by atoms with Crippen LogP contribution in [0.25, 0.3) is 0 Å². The molecule has 1 atom stereocenters. The molecule has 0 bridgehead atoms. The Morgan fingerprint density at radius 2 is 1.67 bits per heavy atom. The van der Waals surface area contributed by atoms with Gasteiger partial charge in [-0.2, -0.15) is 0 Å². The highest BCUT2D eigenvalue weighted by molar-refractivity contribution is 4.98. The smallest absolute Gasteiger partial charge is 0.0686 e. The molecule has 0 rings (SSSR count). The van der Waals surface area contributed by atoms with E-state index in [1.807, 2.05) is 0 Å². The minimum Gasteiger partial charge on any atom is -0.304 e. The Morgan fingerprint density at radius 1 is 1.00 bits per heavy atom. The van der Waals surface area contributed by atoms with Gasteiger partial charge in [-0.1, -0.05) is 58.3 Å². The molecule has 0 aliphatic heterocycles. The molecule has 1 N–H and O–H groups in total. The summed E-state index contributed by atoms with van der Waals surface area (Å²) in [4.78, 5) is 0. The molecule has 0 aromatic heterocycles. The van der Waals surface area contributed by atoms with Gasteiger partial charge in [0.15, 0.2) is 0 Å².